The summed E-state index contributed by atoms with van der Waals surface area (Å²) in [6.45, 7) is 0.125. The maximum Gasteiger partial charge on any atom is 0.251 e. The van der Waals surface area contributed by atoms with E-state index in [4.69, 9.17) is 0 Å². The van der Waals surface area contributed by atoms with Crippen molar-refractivity contribution in [3.8, 4) is 0 Å². The van der Waals surface area contributed by atoms with Crippen LogP contribution in [0.15, 0.2) is 29.2 Å². The number of rotatable bonds is 4. The average molecular weight is 259 g/mol. The number of amides is 1. The predicted molar refractivity (Wildman–Crippen MR) is 65.7 cm³/mol. The second-order valence-electron chi connectivity index (χ2n) is 3.43. The average Bonchev–Trinajstić information content (AvgIpc) is 2.16. The van der Waals surface area contributed by atoms with Crippen LogP contribution in [0.1, 0.15) is 10.4 Å². The van der Waals surface area contributed by atoms with Crippen LogP contribution in [0.2, 0.25) is 0 Å². The molecule has 1 amide bonds. The number of hydrogen-bond donors (Lipinski definition) is 2. The Morgan fingerprint density at radius 2 is 1.88 bits per heavy atom. The number of carbonyl (C=O) groups is 1. The Balaban J connectivity index is 2.50. The number of hydrogen-bond acceptors (Lipinski definition) is 4. The third-order valence-corrected chi connectivity index (χ3v) is 3.13. The molecule has 0 aliphatic carbocycles. The molecular weight excluding hydrogens is 246 g/mol. The lowest BCUT2D eigenvalue weighted by molar-refractivity contribution is 0.0956. The molecule has 0 unspecified atom stereocenters. The number of benzene rings is 1. The number of carbonyl (C=O) groups excluding carboxylic acids is 1. The first kappa shape index (κ1) is 13.1. The summed E-state index contributed by atoms with van der Waals surface area (Å²) in [4.78, 5) is 12.3. The second kappa shape index (κ2) is 5.36. The molecule has 0 radical (unpaired) electrons. The summed E-state index contributed by atoms with van der Waals surface area (Å²) in [7, 11) is -3.04. The van der Waals surface area contributed by atoms with E-state index in [1.165, 1.54) is 0 Å². The monoisotopic (exact) mass is 259 g/mol. The molecule has 0 bridgehead atoms. The van der Waals surface area contributed by atoms with E-state index >= 15 is 0 Å². The lowest BCUT2D eigenvalue weighted by Gasteiger charge is -2.04. The van der Waals surface area contributed by atoms with Gasteiger partial charge in [-0.2, -0.15) is 0 Å². The van der Waals surface area contributed by atoms with Gasteiger partial charge in [0.2, 0.25) is 0 Å². The Hall–Kier alpha value is -1.01. The molecule has 0 spiro atoms. The van der Waals surface area contributed by atoms with Crippen LogP contribution in [0, 0.1) is 0 Å². The first-order chi connectivity index (χ1) is 7.38. The van der Waals surface area contributed by atoms with Gasteiger partial charge < -0.3 is 5.32 Å². The van der Waals surface area contributed by atoms with E-state index in [1.807, 2.05) is 0 Å². The van der Waals surface area contributed by atoms with Gasteiger partial charge in [0.1, 0.15) is 9.84 Å². The zero-order chi connectivity index (χ0) is 12.2. The molecule has 6 heteroatoms. The van der Waals surface area contributed by atoms with Gasteiger partial charge in [0.05, 0.1) is 5.75 Å². The van der Waals surface area contributed by atoms with Crippen LogP contribution in [-0.4, -0.2) is 32.9 Å². The molecule has 0 saturated heterocycles. The standard InChI is InChI=1S/C10H13NO3S2/c1-16(13,14)7-6-11-10(12)8-2-4-9(15)5-3-8/h2-5,15H,6-7H2,1H3,(H,11,12). The van der Waals surface area contributed by atoms with Crippen LogP contribution in [0.5, 0.6) is 0 Å². The number of thiol groups is 1. The van der Waals surface area contributed by atoms with Gasteiger partial charge >= 0.3 is 0 Å². The minimum Gasteiger partial charge on any atom is -0.351 e. The van der Waals surface area contributed by atoms with Crippen LogP contribution in [-0.2, 0) is 9.84 Å². The first-order valence-corrected chi connectivity index (χ1v) is 7.14. The zero-order valence-corrected chi connectivity index (χ0v) is 10.5. The van der Waals surface area contributed by atoms with Crippen molar-refractivity contribution in [2.75, 3.05) is 18.6 Å². The van der Waals surface area contributed by atoms with Crippen molar-refractivity contribution >= 4 is 28.4 Å². The molecule has 0 fully saturated rings. The maximum absolute atomic E-state index is 11.5. The second-order valence-corrected chi connectivity index (χ2v) is 6.21. The molecule has 1 rings (SSSR count). The van der Waals surface area contributed by atoms with Gasteiger partial charge in [0.25, 0.3) is 5.91 Å². The predicted octanol–water partition coefficient (Wildman–Crippen LogP) is 0.750. The SMILES string of the molecule is CS(=O)(=O)CCNC(=O)c1ccc(S)cc1. The minimum absolute atomic E-state index is 0.0522. The summed E-state index contributed by atoms with van der Waals surface area (Å²) >= 11 is 4.10. The van der Waals surface area contributed by atoms with Crippen LogP contribution in [0.3, 0.4) is 0 Å². The molecule has 1 aromatic rings. The van der Waals surface area contributed by atoms with Crippen molar-refractivity contribution in [1.29, 1.82) is 0 Å². The van der Waals surface area contributed by atoms with Crippen molar-refractivity contribution in [3.63, 3.8) is 0 Å². The molecule has 1 N–H and O–H groups in total. The Labute approximate surface area is 100 Å². The molecule has 0 atom stereocenters. The molecule has 0 heterocycles. The van der Waals surface area contributed by atoms with Crippen LogP contribution in [0.25, 0.3) is 0 Å². The Morgan fingerprint density at radius 3 is 2.38 bits per heavy atom. The summed E-state index contributed by atoms with van der Waals surface area (Å²) < 4.78 is 21.7. The van der Waals surface area contributed by atoms with Gasteiger partial charge in [0, 0.05) is 23.3 Å². The molecule has 16 heavy (non-hydrogen) atoms. The Kier molecular flexibility index (Phi) is 4.37. The topological polar surface area (TPSA) is 63.2 Å². The lowest BCUT2D eigenvalue weighted by atomic mass is 10.2. The zero-order valence-electron chi connectivity index (χ0n) is 8.80. The highest BCUT2D eigenvalue weighted by Crippen LogP contribution is 2.07. The highest BCUT2D eigenvalue weighted by Gasteiger charge is 2.06. The maximum atomic E-state index is 11.5. The highest BCUT2D eigenvalue weighted by atomic mass is 32.2. The summed E-state index contributed by atoms with van der Waals surface area (Å²) in [5.74, 6) is -0.333. The normalized spacial score (nSPS) is 11.1. The fourth-order valence-electron chi connectivity index (χ4n) is 1.06. The largest absolute Gasteiger partial charge is 0.351 e. The molecule has 0 saturated carbocycles. The molecule has 4 nitrogen and oxygen atoms in total. The van der Waals surface area contributed by atoms with Gasteiger partial charge in [-0.3, -0.25) is 4.79 Å². The van der Waals surface area contributed by atoms with E-state index in [9.17, 15) is 13.2 Å². The summed E-state index contributed by atoms with van der Waals surface area (Å²) in [5.41, 5.74) is 0.492. The summed E-state index contributed by atoms with van der Waals surface area (Å²) in [6.07, 6.45) is 1.13. The van der Waals surface area contributed by atoms with Crippen LogP contribution in [0.4, 0.5) is 0 Å². The van der Waals surface area contributed by atoms with Crippen molar-refractivity contribution in [2.45, 2.75) is 4.90 Å². The Bertz CT molecular complexity index is 465. The van der Waals surface area contributed by atoms with Gasteiger partial charge in [0.15, 0.2) is 0 Å². The lowest BCUT2D eigenvalue weighted by Crippen LogP contribution is -2.28. The van der Waals surface area contributed by atoms with Crippen molar-refractivity contribution in [1.82, 2.24) is 5.32 Å². The van der Waals surface area contributed by atoms with Crippen molar-refractivity contribution in [3.05, 3.63) is 29.8 Å². The molecule has 0 aromatic heterocycles. The van der Waals surface area contributed by atoms with Gasteiger partial charge in [-0.15, -0.1) is 12.6 Å². The first-order valence-electron chi connectivity index (χ1n) is 4.63. The molecular formula is C10H13NO3S2. The van der Waals surface area contributed by atoms with E-state index in [2.05, 4.69) is 17.9 Å². The van der Waals surface area contributed by atoms with Gasteiger partial charge in [-0.05, 0) is 24.3 Å². The molecule has 1 aromatic carbocycles. The number of sulfone groups is 1. The third-order valence-electron chi connectivity index (χ3n) is 1.89. The summed E-state index contributed by atoms with van der Waals surface area (Å²) in [6, 6.07) is 6.68. The van der Waals surface area contributed by atoms with E-state index in [0.29, 0.717) is 5.56 Å². The smallest absolute Gasteiger partial charge is 0.251 e. The van der Waals surface area contributed by atoms with E-state index in [-0.39, 0.29) is 18.2 Å². The molecule has 88 valence electrons. The van der Waals surface area contributed by atoms with E-state index < -0.39 is 9.84 Å². The quantitative estimate of drug-likeness (QED) is 0.784. The molecule has 0 aliphatic rings. The Morgan fingerprint density at radius 1 is 1.31 bits per heavy atom. The minimum atomic E-state index is -3.04. The fourth-order valence-corrected chi connectivity index (χ4v) is 1.69. The number of nitrogens with one attached hydrogen (secondary N) is 1. The van der Waals surface area contributed by atoms with Crippen LogP contribution < -0.4 is 5.32 Å². The summed E-state index contributed by atoms with van der Waals surface area (Å²) in [5, 5.41) is 2.53. The van der Waals surface area contributed by atoms with E-state index in [0.717, 1.165) is 11.2 Å². The van der Waals surface area contributed by atoms with Crippen molar-refractivity contribution < 1.29 is 13.2 Å². The van der Waals surface area contributed by atoms with Gasteiger partial charge in [-0.1, -0.05) is 0 Å². The highest BCUT2D eigenvalue weighted by molar-refractivity contribution is 7.90. The van der Waals surface area contributed by atoms with E-state index in [1.54, 1.807) is 24.3 Å². The molecule has 0 aliphatic heterocycles. The van der Waals surface area contributed by atoms with Gasteiger partial charge in [-0.25, -0.2) is 8.42 Å². The van der Waals surface area contributed by atoms with Crippen LogP contribution >= 0.6 is 12.6 Å². The third kappa shape index (κ3) is 4.67. The fraction of sp³-hybridized carbons (Fsp3) is 0.300. The van der Waals surface area contributed by atoms with Crippen molar-refractivity contribution in [2.24, 2.45) is 0 Å².